The van der Waals surface area contributed by atoms with Crippen molar-refractivity contribution in [2.45, 2.75) is 46.5 Å². The highest BCUT2D eigenvalue weighted by molar-refractivity contribution is 6.27. The van der Waals surface area contributed by atoms with E-state index in [1.54, 1.807) is 0 Å². The number of anilines is 1. The second-order valence-electron chi connectivity index (χ2n) is 6.97. The number of hydrogen-bond donors (Lipinski definition) is 0. The number of unbranched alkanes of at least 4 members (excludes halogenated alkanes) is 1. The molecule has 2 amide bonds. The molecule has 1 aliphatic rings. The summed E-state index contributed by atoms with van der Waals surface area (Å²) in [6.45, 7) is 8.79. The fraction of sp³-hybridized carbons (Fsp3) is 0.455. The van der Waals surface area contributed by atoms with E-state index in [1.165, 1.54) is 4.90 Å². The molecule has 138 valence electrons. The van der Waals surface area contributed by atoms with Crippen LogP contribution >= 0.6 is 0 Å². The van der Waals surface area contributed by atoms with Crippen LogP contribution in [0.3, 0.4) is 0 Å². The third-order valence-corrected chi connectivity index (χ3v) is 5.02. The minimum Gasteiger partial charge on any atom is -0.371 e. The first-order chi connectivity index (χ1) is 12.6. The molecule has 0 fully saturated rings. The van der Waals surface area contributed by atoms with Crippen LogP contribution < -0.4 is 4.90 Å². The third-order valence-electron chi connectivity index (χ3n) is 5.02. The number of carbonyl (C=O) groups is 2. The molecule has 0 aromatic heterocycles. The number of fused-ring (bicyclic) bond motifs is 3. The summed E-state index contributed by atoms with van der Waals surface area (Å²) in [5, 5.41) is 1.96. The highest BCUT2D eigenvalue weighted by Crippen LogP contribution is 2.37. The van der Waals surface area contributed by atoms with Gasteiger partial charge < -0.3 is 4.90 Å². The van der Waals surface area contributed by atoms with Gasteiger partial charge in [-0.1, -0.05) is 51.5 Å². The normalized spacial score (nSPS) is 13.6. The number of benzene rings is 2. The fourth-order valence-corrected chi connectivity index (χ4v) is 3.80. The van der Waals surface area contributed by atoms with E-state index in [2.05, 4.69) is 31.7 Å². The van der Waals surface area contributed by atoms with Gasteiger partial charge in [-0.05, 0) is 30.7 Å². The second-order valence-corrected chi connectivity index (χ2v) is 6.97. The predicted molar refractivity (Wildman–Crippen MR) is 107 cm³/mol. The van der Waals surface area contributed by atoms with Crippen LogP contribution in [-0.2, 0) is 0 Å². The third kappa shape index (κ3) is 3.09. The minimum atomic E-state index is -0.140. The van der Waals surface area contributed by atoms with E-state index >= 15 is 0 Å². The zero-order valence-electron chi connectivity index (χ0n) is 16.0. The van der Waals surface area contributed by atoms with Crippen molar-refractivity contribution in [1.29, 1.82) is 0 Å². The summed E-state index contributed by atoms with van der Waals surface area (Å²) >= 11 is 0. The lowest BCUT2D eigenvalue weighted by Gasteiger charge is -2.26. The van der Waals surface area contributed by atoms with Crippen molar-refractivity contribution in [3.05, 3.63) is 41.5 Å². The van der Waals surface area contributed by atoms with Gasteiger partial charge in [-0.3, -0.25) is 14.5 Å². The Morgan fingerprint density at radius 2 is 1.54 bits per heavy atom. The zero-order chi connectivity index (χ0) is 18.7. The molecule has 3 rings (SSSR count). The van der Waals surface area contributed by atoms with Crippen molar-refractivity contribution in [2.24, 2.45) is 0 Å². The summed E-state index contributed by atoms with van der Waals surface area (Å²) in [6, 6.07) is 9.94. The Kier molecular flexibility index (Phi) is 5.60. The van der Waals surface area contributed by atoms with Gasteiger partial charge >= 0.3 is 0 Å². The van der Waals surface area contributed by atoms with Crippen LogP contribution in [0, 0.1) is 0 Å². The van der Waals surface area contributed by atoms with Gasteiger partial charge in [0, 0.05) is 30.7 Å². The molecule has 26 heavy (non-hydrogen) atoms. The maximum absolute atomic E-state index is 13.0. The van der Waals surface area contributed by atoms with Crippen molar-refractivity contribution in [1.82, 2.24) is 4.90 Å². The van der Waals surface area contributed by atoms with Gasteiger partial charge in [-0.2, -0.15) is 0 Å². The molecule has 2 aromatic rings. The standard InChI is InChI=1S/C22H28N2O2/c1-4-7-14-24-21(25)18-15-19(23(12-5-2)13-6-3)16-10-8-9-11-17(16)20(18)22(24)26/h8-11,15H,4-7,12-14H2,1-3H3. The first-order valence-corrected chi connectivity index (χ1v) is 9.80. The van der Waals surface area contributed by atoms with Crippen molar-refractivity contribution < 1.29 is 9.59 Å². The van der Waals surface area contributed by atoms with Crippen molar-refractivity contribution in [3.8, 4) is 0 Å². The van der Waals surface area contributed by atoms with Crippen LogP contribution in [0.2, 0.25) is 0 Å². The van der Waals surface area contributed by atoms with Gasteiger partial charge in [0.15, 0.2) is 0 Å². The Morgan fingerprint density at radius 3 is 2.15 bits per heavy atom. The molecule has 0 bridgehead atoms. The van der Waals surface area contributed by atoms with E-state index in [0.29, 0.717) is 17.7 Å². The lowest BCUT2D eigenvalue weighted by molar-refractivity contribution is 0.0653. The number of hydrogen-bond acceptors (Lipinski definition) is 3. The maximum atomic E-state index is 13.0. The molecule has 1 aliphatic heterocycles. The van der Waals surface area contributed by atoms with Gasteiger partial charge in [0.2, 0.25) is 0 Å². The first kappa shape index (κ1) is 18.4. The molecule has 0 saturated carbocycles. The SMILES string of the molecule is CCCCN1C(=O)c2cc(N(CCC)CCC)c3ccccc3c2C1=O. The molecule has 4 nitrogen and oxygen atoms in total. The Balaban J connectivity index is 2.17. The molecular weight excluding hydrogens is 324 g/mol. The molecule has 0 spiro atoms. The molecule has 0 atom stereocenters. The van der Waals surface area contributed by atoms with Crippen LogP contribution in [0.15, 0.2) is 30.3 Å². The molecule has 0 unspecified atom stereocenters. The Morgan fingerprint density at radius 1 is 0.885 bits per heavy atom. The number of carbonyl (C=O) groups excluding carboxylic acids is 2. The van der Waals surface area contributed by atoms with Crippen molar-refractivity contribution >= 4 is 28.3 Å². The molecule has 0 radical (unpaired) electrons. The van der Waals surface area contributed by atoms with Gasteiger partial charge in [0.05, 0.1) is 11.1 Å². The Hall–Kier alpha value is -2.36. The van der Waals surface area contributed by atoms with E-state index in [1.807, 2.05) is 24.3 Å². The predicted octanol–water partition coefficient (Wildman–Crippen LogP) is 4.86. The van der Waals surface area contributed by atoms with Crippen molar-refractivity contribution in [3.63, 3.8) is 0 Å². The molecule has 0 saturated heterocycles. The summed E-state index contributed by atoms with van der Waals surface area (Å²) in [4.78, 5) is 29.7. The summed E-state index contributed by atoms with van der Waals surface area (Å²) in [5.41, 5.74) is 2.22. The van der Waals surface area contributed by atoms with Gasteiger partial charge in [0.1, 0.15) is 0 Å². The fourth-order valence-electron chi connectivity index (χ4n) is 3.80. The number of rotatable bonds is 8. The molecular formula is C22H28N2O2. The molecule has 0 N–H and O–H groups in total. The van der Waals surface area contributed by atoms with Crippen LogP contribution in [0.5, 0.6) is 0 Å². The van der Waals surface area contributed by atoms with E-state index in [0.717, 1.165) is 55.2 Å². The first-order valence-electron chi connectivity index (χ1n) is 9.80. The number of nitrogens with zero attached hydrogens (tertiary/aromatic N) is 2. The van der Waals surface area contributed by atoms with Gasteiger partial charge in [-0.25, -0.2) is 0 Å². The summed E-state index contributed by atoms with van der Waals surface area (Å²) in [5.74, 6) is -0.280. The largest absolute Gasteiger partial charge is 0.371 e. The minimum absolute atomic E-state index is 0.140. The van der Waals surface area contributed by atoms with Crippen LogP contribution in [0.4, 0.5) is 5.69 Å². The van der Waals surface area contributed by atoms with Gasteiger partial charge in [0.25, 0.3) is 11.8 Å². The van der Waals surface area contributed by atoms with Gasteiger partial charge in [-0.15, -0.1) is 0 Å². The van der Waals surface area contributed by atoms with Crippen LogP contribution in [0.1, 0.15) is 67.2 Å². The zero-order valence-corrected chi connectivity index (χ0v) is 16.0. The topological polar surface area (TPSA) is 40.6 Å². The quantitative estimate of drug-likeness (QED) is 0.637. The molecule has 0 aliphatic carbocycles. The molecule has 1 heterocycles. The average molecular weight is 352 g/mol. The van der Waals surface area contributed by atoms with Crippen LogP contribution in [0.25, 0.3) is 10.8 Å². The van der Waals surface area contributed by atoms with Crippen LogP contribution in [-0.4, -0.2) is 36.3 Å². The van der Waals surface area contributed by atoms with E-state index in [4.69, 9.17) is 0 Å². The smallest absolute Gasteiger partial charge is 0.262 e. The summed E-state index contributed by atoms with van der Waals surface area (Å²) in [7, 11) is 0. The van der Waals surface area contributed by atoms with E-state index in [9.17, 15) is 9.59 Å². The molecule has 4 heteroatoms. The molecule has 2 aromatic carbocycles. The lowest BCUT2D eigenvalue weighted by Crippen LogP contribution is -2.30. The number of imide groups is 1. The number of amides is 2. The Bertz CT molecular complexity index is 822. The highest BCUT2D eigenvalue weighted by atomic mass is 16.2. The van der Waals surface area contributed by atoms with Crippen molar-refractivity contribution in [2.75, 3.05) is 24.5 Å². The summed E-state index contributed by atoms with van der Waals surface area (Å²) in [6.07, 6.45) is 3.88. The lowest BCUT2D eigenvalue weighted by atomic mass is 9.98. The second kappa shape index (κ2) is 7.90. The highest BCUT2D eigenvalue weighted by Gasteiger charge is 2.37. The average Bonchev–Trinajstić information content (AvgIpc) is 2.89. The Labute approximate surface area is 155 Å². The monoisotopic (exact) mass is 352 g/mol. The van der Waals surface area contributed by atoms with E-state index < -0.39 is 0 Å². The van der Waals surface area contributed by atoms with E-state index in [-0.39, 0.29) is 11.8 Å². The summed E-state index contributed by atoms with van der Waals surface area (Å²) < 4.78 is 0. The maximum Gasteiger partial charge on any atom is 0.262 e.